The van der Waals surface area contributed by atoms with Crippen molar-refractivity contribution in [3.63, 3.8) is 0 Å². The zero-order chi connectivity index (χ0) is 21.3. The number of hydrogen-bond acceptors (Lipinski definition) is 4. The molecule has 1 heterocycles. The average molecular weight is 411 g/mol. The number of nitrogens with zero attached hydrogens (tertiary/aromatic N) is 1. The number of aliphatic carboxylic acids is 1. The highest BCUT2D eigenvalue weighted by atomic mass is 16.6. The van der Waals surface area contributed by atoms with Crippen LogP contribution in [0.15, 0.2) is 48.5 Å². The van der Waals surface area contributed by atoms with E-state index in [4.69, 9.17) is 9.84 Å². The number of anilines is 1. The highest BCUT2D eigenvalue weighted by Crippen LogP contribution is 2.30. The number of benzene rings is 2. The van der Waals surface area contributed by atoms with Crippen molar-refractivity contribution in [2.24, 2.45) is 0 Å². The number of carbonyl (C=O) groups is 2. The largest absolute Gasteiger partial charge is 0.481 e. The molecule has 2 aromatic rings. The lowest BCUT2D eigenvalue weighted by atomic mass is 9.99. The van der Waals surface area contributed by atoms with Crippen LogP contribution in [-0.2, 0) is 16.0 Å². The molecule has 6 heteroatoms. The molecule has 1 aliphatic heterocycles. The second-order valence-electron chi connectivity index (χ2n) is 7.88. The third-order valence-electron chi connectivity index (χ3n) is 5.45. The molecule has 0 saturated carbocycles. The van der Waals surface area contributed by atoms with Crippen molar-refractivity contribution in [1.82, 2.24) is 4.90 Å². The quantitative estimate of drug-likeness (QED) is 0.612. The Morgan fingerprint density at radius 1 is 1.10 bits per heavy atom. The van der Waals surface area contributed by atoms with Crippen molar-refractivity contribution in [2.75, 3.05) is 25.5 Å². The van der Waals surface area contributed by atoms with E-state index in [0.717, 1.165) is 61.2 Å². The first-order valence-electron chi connectivity index (χ1n) is 10.6. The van der Waals surface area contributed by atoms with Gasteiger partial charge in [-0.2, -0.15) is 0 Å². The molecule has 2 aromatic carbocycles. The minimum absolute atomic E-state index is 0.0550. The molecule has 0 aromatic heterocycles. The Hall–Kier alpha value is -2.86. The maximum absolute atomic E-state index is 12.6. The van der Waals surface area contributed by atoms with Gasteiger partial charge in [0.2, 0.25) is 0 Å². The van der Waals surface area contributed by atoms with Gasteiger partial charge in [0.15, 0.2) is 0 Å². The van der Waals surface area contributed by atoms with Crippen LogP contribution in [0.4, 0.5) is 10.5 Å². The van der Waals surface area contributed by atoms with Crippen LogP contribution in [-0.4, -0.2) is 48.3 Å². The number of unbranched alkanes of at least 4 members (excludes halogenated alkanes) is 1. The molecule has 1 aliphatic rings. The summed E-state index contributed by atoms with van der Waals surface area (Å²) in [5.41, 5.74) is 3.74. The van der Waals surface area contributed by atoms with E-state index in [2.05, 4.69) is 17.3 Å². The van der Waals surface area contributed by atoms with Gasteiger partial charge in [-0.25, -0.2) is 4.79 Å². The van der Waals surface area contributed by atoms with Gasteiger partial charge in [-0.3, -0.25) is 10.1 Å². The van der Waals surface area contributed by atoms with Crippen LogP contribution in [0.25, 0.3) is 11.1 Å². The minimum atomic E-state index is -0.770. The average Bonchev–Trinajstić information content (AvgIpc) is 2.73. The summed E-state index contributed by atoms with van der Waals surface area (Å²) in [6.45, 7) is 1.86. The topological polar surface area (TPSA) is 78.9 Å². The summed E-state index contributed by atoms with van der Waals surface area (Å²) in [5, 5.41) is 11.7. The number of hydrogen-bond donors (Lipinski definition) is 2. The summed E-state index contributed by atoms with van der Waals surface area (Å²) in [6.07, 6.45) is 3.58. The van der Waals surface area contributed by atoms with Crippen LogP contribution >= 0.6 is 0 Å². The van der Waals surface area contributed by atoms with Crippen LogP contribution < -0.4 is 5.32 Å². The Morgan fingerprint density at radius 3 is 2.53 bits per heavy atom. The highest BCUT2D eigenvalue weighted by Gasteiger charge is 2.21. The summed E-state index contributed by atoms with van der Waals surface area (Å²) in [5.74, 6) is -0.770. The molecule has 0 atom stereocenters. The Kier molecular flexibility index (Phi) is 7.85. The predicted molar refractivity (Wildman–Crippen MR) is 118 cm³/mol. The number of carbonyl (C=O) groups excluding carboxylic acids is 1. The number of ether oxygens (including phenoxy) is 1. The molecule has 3 rings (SSSR count). The van der Waals surface area contributed by atoms with Crippen molar-refractivity contribution < 1.29 is 19.4 Å². The molecule has 160 valence electrons. The van der Waals surface area contributed by atoms with E-state index in [1.165, 1.54) is 0 Å². The molecule has 1 fully saturated rings. The number of nitrogens with one attached hydrogen (secondary N) is 1. The second-order valence-corrected chi connectivity index (χ2v) is 7.88. The molecule has 0 bridgehead atoms. The summed E-state index contributed by atoms with van der Waals surface area (Å²) < 4.78 is 5.66. The van der Waals surface area contributed by atoms with Crippen molar-refractivity contribution in [3.8, 4) is 11.1 Å². The lowest BCUT2D eigenvalue weighted by Crippen LogP contribution is -2.36. The molecular formula is C24H30N2O4. The smallest absolute Gasteiger partial charge is 0.411 e. The van der Waals surface area contributed by atoms with Gasteiger partial charge >= 0.3 is 12.1 Å². The molecule has 1 saturated heterocycles. The van der Waals surface area contributed by atoms with Crippen LogP contribution in [0.2, 0.25) is 0 Å². The molecule has 30 heavy (non-hydrogen) atoms. The summed E-state index contributed by atoms with van der Waals surface area (Å²) >= 11 is 0. The fraction of sp³-hybridized carbons (Fsp3) is 0.417. The van der Waals surface area contributed by atoms with E-state index in [-0.39, 0.29) is 12.5 Å². The number of carboxylic acids is 1. The second kappa shape index (κ2) is 10.8. The zero-order valence-electron chi connectivity index (χ0n) is 17.5. The van der Waals surface area contributed by atoms with Crippen molar-refractivity contribution >= 4 is 17.7 Å². The number of carboxylic acid groups (broad SMARTS) is 1. The van der Waals surface area contributed by atoms with Gasteiger partial charge in [-0.15, -0.1) is 0 Å². The van der Waals surface area contributed by atoms with E-state index in [1.54, 1.807) is 0 Å². The van der Waals surface area contributed by atoms with Gasteiger partial charge in [-0.1, -0.05) is 42.5 Å². The van der Waals surface area contributed by atoms with Crippen LogP contribution in [0.3, 0.4) is 0 Å². The maximum Gasteiger partial charge on any atom is 0.411 e. The number of piperidine rings is 1. The fourth-order valence-corrected chi connectivity index (χ4v) is 3.72. The first-order chi connectivity index (χ1) is 14.5. The van der Waals surface area contributed by atoms with Crippen LogP contribution in [0, 0.1) is 0 Å². The number of amides is 1. The van der Waals surface area contributed by atoms with Crippen molar-refractivity contribution in [3.05, 3.63) is 54.1 Å². The van der Waals surface area contributed by atoms with E-state index in [1.807, 2.05) is 48.5 Å². The molecule has 0 radical (unpaired) electrons. The number of rotatable bonds is 8. The molecule has 0 spiro atoms. The third kappa shape index (κ3) is 6.59. The van der Waals surface area contributed by atoms with Gasteiger partial charge in [0.1, 0.15) is 6.10 Å². The normalized spacial score (nSPS) is 15.0. The third-order valence-corrected chi connectivity index (χ3v) is 5.45. The van der Waals surface area contributed by atoms with Crippen molar-refractivity contribution in [1.29, 1.82) is 0 Å². The highest BCUT2D eigenvalue weighted by molar-refractivity contribution is 5.91. The summed E-state index contributed by atoms with van der Waals surface area (Å²) in [4.78, 5) is 25.5. The van der Waals surface area contributed by atoms with E-state index in [9.17, 15) is 9.59 Å². The molecule has 2 N–H and O–H groups in total. The molecular weight excluding hydrogens is 380 g/mol. The van der Waals surface area contributed by atoms with E-state index in [0.29, 0.717) is 6.42 Å². The Morgan fingerprint density at radius 2 is 1.83 bits per heavy atom. The lowest BCUT2D eigenvalue weighted by Gasteiger charge is -2.28. The van der Waals surface area contributed by atoms with Gasteiger partial charge in [0.25, 0.3) is 0 Å². The predicted octanol–water partition coefficient (Wildman–Crippen LogP) is 4.79. The maximum atomic E-state index is 12.6. The van der Waals surface area contributed by atoms with Gasteiger partial charge in [0, 0.05) is 25.1 Å². The number of aryl methyl sites for hydroxylation is 1. The molecule has 1 amide bonds. The van der Waals surface area contributed by atoms with E-state index >= 15 is 0 Å². The minimum Gasteiger partial charge on any atom is -0.481 e. The van der Waals surface area contributed by atoms with E-state index < -0.39 is 12.1 Å². The summed E-state index contributed by atoms with van der Waals surface area (Å²) in [6, 6.07) is 15.9. The standard InChI is InChI=1S/C24H30N2O4/c1-26-15-13-20(14-16-26)30-24(29)25-22-17-18(7-5-6-10-23(27)28)11-12-21(22)19-8-3-2-4-9-19/h2-4,8-9,11-12,17,20H,5-7,10,13-16H2,1H3,(H,25,29)(H,27,28). The van der Waals surface area contributed by atoms with Gasteiger partial charge in [-0.05, 0) is 56.3 Å². The molecule has 6 nitrogen and oxygen atoms in total. The zero-order valence-corrected chi connectivity index (χ0v) is 17.5. The van der Waals surface area contributed by atoms with Gasteiger partial charge in [0.05, 0.1) is 5.69 Å². The lowest BCUT2D eigenvalue weighted by molar-refractivity contribution is -0.137. The first kappa shape index (κ1) is 21.8. The van der Waals surface area contributed by atoms with Crippen LogP contribution in [0.5, 0.6) is 0 Å². The first-order valence-corrected chi connectivity index (χ1v) is 10.6. The Labute approximate surface area is 177 Å². The van der Waals surface area contributed by atoms with Crippen molar-refractivity contribution in [2.45, 2.75) is 44.6 Å². The number of likely N-dealkylation sites (tertiary alicyclic amines) is 1. The molecule has 0 aliphatic carbocycles. The van der Waals surface area contributed by atoms with Crippen LogP contribution in [0.1, 0.15) is 37.7 Å². The fourth-order valence-electron chi connectivity index (χ4n) is 3.72. The molecule has 0 unspecified atom stereocenters. The van der Waals surface area contributed by atoms with Gasteiger partial charge < -0.3 is 14.7 Å². The Bertz CT molecular complexity index is 846. The SMILES string of the molecule is CN1CCC(OC(=O)Nc2cc(CCCCC(=O)O)ccc2-c2ccccc2)CC1. The monoisotopic (exact) mass is 410 g/mol. The summed E-state index contributed by atoms with van der Waals surface area (Å²) in [7, 11) is 2.07. The Balaban J connectivity index is 1.70.